The van der Waals surface area contributed by atoms with Crippen molar-refractivity contribution >= 4 is 23.4 Å². The molecule has 6 nitrogen and oxygen atoms in total. The van der Waals surface area contributed by atoms with Gasteiger partial charge in [0, 0.05) is 12.2 Å². The van der Waals surface area contributed by atoms with Crippen molar-refractivity contribution in [2.45, 2.75) is 46.0 Å². The first-order chi connectivity index (χ1) is 14.9. The average molecular weight is 437 g/mol. The number of rotatable bonds is 9. The number of carbonyl (C=O) groups excluding carboxylic acids is 1. The molecule has 0 unspecified atom stereocenters. The Balaban J connectivity index is 1.64. The smallest absolute Gasteiger partial charge is 0.234 e. The number of hydrogen-bond acceptors (Lipinski definition) is 5. The van der Waals surface area contributed by atoms with Gasteiger partial charge in [0.25, 0.3) is 0 Å². The fraction of sp³-hybridized carbons (Fsp3) is 0.292. The second kappa shape index (κ2) is 10.3. The molecule has 1 N–H and O–H groups in total. The fourth-order valence-corrected chi connectivity index (χ4v) is 3.78. The van der Waals surface area contributed by atoms with Crippen molar-refractivity contribution < 1.29 is 9.53 Å². The molecule has 0 fully saturated rings. The number of allylic oxidation sites excluding steroid dienone is 1. The number of carbonyl (C=O) groups is 1. The van der Waals surface area contributed by atoms with Crippen molar-refractivity contribution in [2.75, 3.05) is 11.1 Å². The molecule has 162 valence electrons. The first-order valence-corrected chi connectivity index (χ1v) is 11.1. The molecule has 0 bridgehead atoms. The zero-order chi connectivity index (χ0) is 22.4. The number of benzene rings is 2. The van der Waals surface area contributed by atoms with E-state index in [1.54, 1.807) is 6.08 Å². The molecular weight excluding hydrogens is 408 g/mol. The zero-order valence-electron chi connectivity index (χ0n) is 18.4. The van der Waals surface area contributed by atoms with Crippen LogP contribution in [-0.2, 0) is 17.9 Å². The summed E-state index contributed by atoms with van der Waals surface area (Å²) in [6.45, 7) is 12.8. The Morgan fingerprint density at radius 3 is 2.68 bits per heavy atom. The summed E-state index contributed by atoms with van der Waals surface area (Å²) in [5.74, 6) is 1.67. The molecule has 0 spiro atoms. The molecular formula is C24H28N4O2S. The fourth-order valence-electron chi connectivity index (χ4n) is 3.01. The zero-order valence-corrected chi connectivity index (χ0v) is 19.3. The van der Waals surface area contributed by atoms with E-state index in [2.05, 4.69) is 35.1 Å². The molecule has 7 heteroatoms. The van der Waals surface area contributed by atoms with Gasteiger partial charge in [-0.1, -0.05) is 36.0 Å². The number of amides is 1. The molecule has 0 saturated heterocycles. The monoisotopic (exact) mass is 436 g/mol. The molecule has 0 aliphatic carbocycles. The van der Waals surface area contributed by atoms with Crippen molar-refractivity contribution in [1.82, 2.24) is 14.8 Å². The minimum absolute atomic E-state index is 0.0883. The van der Waals surface area contributed by atoms with Crippen LogP contribution in [-0.4, -0.2) is 26.4 Å². The van der Waals surface area contributed by atoms with Crippen LogP contribution in [0.2, 0.25) is 0 Å². The van der Waals surface area contributed by atoms with Crippen molar-refractivity contribution in [3.8, 4) is 5.75 Å². The largest absolute Gasteiger partial charge is 0.485 e. The number of aryl methyl sites for hydroxylation is 3. The van der Waals surface area contributed by atoms with Crippen molar-refractivity contribution in [2.24, 2.45) is 0 Å². The number of anilines is 1. The van der Waals surface area contributed by atoms with E-state index < -0.39 is 0 Å². The third-order valence-corrected chi connectivity index (χ3v) is 6.11. The van der Waals surface area contributed by atoms with Gasteiger partial charge in [-0.2, -0.15) is 0 Å². The Hall–Kier alpha value is -3.06. The highest BCUT2D eigenvalue weighted by Gasteiger charge is 2.15. The molecule has 1 aromatic heterocycles. The number of thioether (sulfide) groups is 1. The standard InChI is InChI=1S/C24H28N4O2S/c1-6-12-28-22(14-30-21-9-7-8-17(3)19(21)5)26-27-24(28)31-15-23(29)25-20-11-10-16(2)18(4)13-20/h6-11,13H,1,12,14-15H2,2-5H3,(H,25,29). The van der Waals surface area contributed by atoms with Crippen LogP contribution in [0, 0.1) is 27.7 Å². The molecule has 3 rings (SSSR count). The van der Waals surface area contributed by atoms with Gasteiger partial charge in [-0.25, -0.2) is 0 Å². The minimum atomic E-state index is -0.0883. The third-order valence-electron chi connectivity index (χ3n) is 5.14. The molecule has 0 atom stereocenters. The number of nitrogens with zero attached hydrogens (tertiary/aromatic N) is 3. The molecule has 31 heavy (non-hydrogen) atoms. The molecule has 2 aromatic carbocycles. The molecule has 0 aliphatic rings. The lowest BCUT2D eigenvalue weighted by molar-refractivity contribution is -0.113. The summed E-state index contributed by atoms with van der Waals surface area (Å²) in [6, 6.07) is 11.9. The minimum Gasteiger partial charge on any atom is -0.485 e. The summed E-state index contributed by atoms with van der Waals surface area (Å²) in [5, 5.41) is 12.1. The van der Waals surface area contributed by atoms with Gasteiger partial charge in [0.1, 0.15) is 12.4 Å². The van der Waals surface area contributed by atoms with Crippen LogP contribution in [0.1, 0.15) is 28.1 Å². The summed E-state index contributed by atoms with van der Waals surface area (Å²) >= 11 is 1.34. The van der Waals surface area contributed by atoms with E-state index in [0.29, 0.717) is 24.1 Å². The molecule has 0 saturated carbocycles. The summed E-state index contributed by atoms with van der Waals surface area (Å²) < 4.78 is 7.91. The van der Waals surface area contributed by atoms with Crippen molar-refractivity contribution in [3.05, 3.63) is 77.1 Å². The van der Waals surface area contributed by atoms with Crippen LogP contribution < -0.4 is 10.1 Å². The normalized spacial score (nSPS) is 10.7. The van der Waals surface area contributed by atoms with E-state index in [9.17, 15) is 4.79 Å². The van der Waals surface area contributed by atoms with Crippen molar-refractivity contribution in [3.63, 3.8) is 0 Å². The van der Waals surface area contributed by atoms with E-state index in [1.807, 2.05) is 55.7 Å². The van der Waals surface area contributed by atoms with E-state index >= 15 is 0 Å². The molecule has 1 amide bonds. The van der Waals surface area contributed by atoms with Crippen LogP contribution in [0.15, 0.2) is 54.2 Å². The number of hydrogen-bond donors (Lipinski definition) is 1. The maximum atomic E-state index is 12.4. The topological polar surface area (TPSA) is 69.0 Å². The quantitative estimate of drug-likeness (QED) is 0.377. The average Bonchev–Trinajstić information content (AvgIpc) is 3.12. The first-order valence-electron chi connectivity index (χ1n) is 10.1. The van der Waals surface area contributed by atoms with Crippen LogP contribution in [0.4, 0.5) is 5.69 Å². The molecule has 0 radical (unpaired) electrons. The van der Waals surface area contributed by atoms with Gasteiger partial charge in [-0.15, -0.1) is 16.8 Å². The highest BCUT2D eigenvalue weighted by Crippen LogP contribution is 2.23. The summed E-state index contributed by atoms with van der Waals surface area (Å²) in [5.41, 5.74) is 5.42. The molecule has 3 aromatic rings. The van der Waals surface area contributed by atoms with Crippen LogP contribution in [0.25, 0.3) is 0 Å². The maximum absolute atomic E-state index is 12.4. The second-order valence-corrected chi connectivity index (χ2v) is 8.36. The van der Waals surface area contributed by atoms with Crippen molar-refractivity contribution in [1.29, 1.82) is 0 Å². The Morgan fingerprint density at radius 1 is 1.13 bits per heavy atom. The first kappa shape index (κ1) is 22.6. The number of nitrogens with one attached hydrogen (secondary N) is 1. The Bertz CT molecular complexity index is 1090. The summed E-state index contributed by atoms with van der Waals surface area (Å²) in [7, 11) is 0. The molecule has 0 aliphatic heterocycles. The Labute approximate surface area is 187 Å². The van der Waals surface area contributed by atoms with E-state index in [1.165, 1.54) is 22.9 Å². The second-order valence-electron chi connectivity index (χ2n) is 7.42. The number of aromatic nitrogens is 3. The predicted octanol–water partition coefficient (Wildman–Crippen LogP) is 5.01. The SMILES string of the molecule is C=CCn1c(COc2cccc(C)c2C)nnc1SCC(=O)Nc1ccc(C)c(C)c1. The summed E-state index contributed by atoms with van der Waals surface area (Å²) in [6.07, 6.45) is 1.78. The lowest BCUT2D eigenvalue weighted by atomic mass is 10.1. The molecule has 1 heterocycles. The number of ether oxygens (including phenoxy) is 1. The maximum Gasteiger partial charge on any atom is 0.234 e. The van der Waals surface area contributed by atoms with Gasteiger partial charge in [0.15, 0.2) is 11.0 Å². The van der Waals surface area contributed by atoms with Gasteiger partial charge >= 0.3 is 0 Å². The van der Waals surface area contributed by atoms with Crippen LogP contribution in [0.5, 0.6) is 5.75 Å². The van der Waals surface area contributed by atoms with Gasteiger partial charge < -0.3 is 10.1 Å². The third kappa shape index (κ3) is 5.76. The highest BCUT2D eigenvalue weighted by atomic mass is 32.2. The Morgan fingerprint density at radius 2 is 1.94 bits per heavy atom. The van der Waals surface area contributed by atoms with Gasteiger partial charge in [0.05, 0.1) is 5.75 Å². The van der Waals surface area contributed by atoms with E-state index in [0.717, 1.165) is 22.6 Å². The predicted molar refractivity (Wildman–Crippen MR) is 126 cm³/mol. The van der Waals surface area contributed by atoms with Gasteiger partial charge in [0.2, 0.25) is 5.91 Å². The van der Waals surface area contributed by atoms with Gasteiger partial charge in [-0.3, -0.25) is 9.36 Å². The Kier molecular flexibility index (Phi) is 7.52. The van der Waals surface area contributed by atoms with E-state index in [-0.39, 0.29) is 11.7 Å². The van der Waals surface area contributed by atoms with Crippen LogP contribution >= 0.6 is 11.8 Å². The lowest BCUT2D eigenvalue weighted by Crippen LogP contribution is -2.15. The van der Waals surface area contributed by atoms with E-state index in [4.69, 9.17) is 4.74 Å². The van der Waals surface area contributed by atoms with Gasteiger partial charge in [-0.05, 0) is 68.1 Å². The highest BCUT2D eigenvalue weighted by molar-refractivity contribution is 7.99. The lowest BCUT2D eigenvalue weighted by Gasteiger charge is -2.12. The summed E-state index contributed by atoms with van der Waals surface area (Å²) in [4.78, 5) is 12.4. The van der Waals surface area contributed by atoms with Crippen LogP contribution in [0.3, 0.4) is 0 Å².